The Morgan fingerprint density at radius 2 is 0.394 bits per heavy atom. The zero-order valence-electron chi connectivity index (χ0n) is 81.4. The Morgan fingerprint density at radius 1 is 0.220 bits per heavy atom. The summed E-state index contributed by atoms with van der Waals surface area (Å²) < 4.78 is 61.7. The lowest BCUT2D eigenvalue weighted by molar-refractivity contribution is -0.161. The van der Waals surface area contributed by atoms with Gasteiger partial charge in [-0.2, -0.15) is 0 Å². The van der Waals surface area contributed by atoms with Crippen LogP contribution in [-0.4, -0.2) is 95.9 Å². The van der Waals surface area contributed by atoms with E-state index in [9.17, 15) is 43.5 Å². The summed E-state index contributed by atoms with van der Waals surface area (Å²) in [6.07, 6.45) is 129. The fourth-order valence-corrected chi connectivity index (χ4v) is 16.2. The van der Waals surface area contributed by atoms with Crippen LogP contribution in [0.4, 0.5) is 0 Å². The van der Waals surface area contributed by atoms with Crippen molar-refractivity contribution in [1.82, 2.24) is 0 Å². The number of allylic oxidation sites excluding steroid dienone is 24. The second-order valence-electron chi connectivity index (χ2n) is 35.0. The molecule has 0 aromatic rings. The third-order valence-electron chi connectivity index (χ3n) is 22.5. The molecule has 127 heavy (non-hydrogen) atoms. The van der Waals surface area contributed by atoms with Gasteiger partial charge in [-0.25, -0.2) is 9.13 Å². The fourth-order valence-electron chi connectivity index (χ4n) is 14.6. The Bertz CT molecular complexity index is 2890. The number of esters is 3. The van der Waals surface area contributed by atoms with Crippen LogP contribution in [0, 0.1) is 0 Å². The number of phosphoric ester groups is 2. The minimum Gasteiger partial charge on any atom is -0.463 e. The van der Waals surface area contributed by atoms with Gasteiger partial charge in [0.2, 0.25) is 0 Å². The second-order valence-corrected chi connectivity index (χ2v) is 37.9. The van der Waals surface area contributed by atoms with Crippen molar-refractivity contribution in [2.24, 2.45) is 0 Å². The highest BCUT2D eigenvalue weighted by Crippen LogP contribution is 2.45. The number of hydrogen-bond donors (Lipinski definition) is 4. The summed E-state index contributed by atoms with van der Waals surface area (Å²) in [7, 11) is -9.82. The van der Waals surface area contributed by atoms with E-state index < -0.39 is 91.5 Å². The van der Waals surface area contributed by atoms with E-state index in [0.29, 0.717) is 19.3 Å². The average Bonchev–Trinajstić information content (AvgIpc) is 0.899. The van der Waals surface area contributed by atoms with Gasteiger partial charge in [-0.3, -0.25) is 32.5 Å². The van der Waals surface area contributed by atoms with Gasteiger partial charge in [-0.05, 0) is 154 Å². The first-order valence-corrected chi connectivity index (χ1v) is 55.1. The Labute approximate surface area is 778 Å². The van der Waals surface area contributed by atoms with Crippen LogP contribution in [0.1, 0.15) is 470 Å². The van der Waals surface area contributed by atoms with Gasteiger partial charge < -0.3 is 34.2 Å². The highest BCUT2D eigenvalue weighted by molar-refractivity contribution is 7.47. The number of carbonyl (C=O) groups excluding carboxylic acids is 3. The Hall–Kier alpha value is -4.57. The van der Waals surface area contributed by atoms with Crippen LogP contribution >= 0.6 is 15.6 Å². The molecule has 0 rings (SSSR count). The van der Waals surface area contributed by atoms with Crippen LogP contribution in [0.5, 0.6) is 0 Å². The van der Waals surface area contributed by atoms with E-state index in [-0.39, 0.29) is 19.3 Å². The first-order chi connectivity index (χ1) is 62.2. The van der Waals surface area contributed by atoms with Crippen molar-refractivity contribution >= 4 is 33.6 Å². The lowest BCUT2D eigenvalue weighted by Crippen LogP contribution is -2.30. The molecule has 16 nitrogen and oxygen atoms in total. The largest absolute Gasteiger partial charge is 0.472 e. The molecule has 0 heterocycles. The average molecular weight is 1820 g/mol. The topological polar surface area (TPSA) is 231 Å². The number of carbonyl (C=O) groups is 3. The van der Waals surface area contributed by atoms with E-state index in [0.717, 1.165) is 141 Å². The van der Waals surface area contributed by atoms with Crippen LogP contribution in [0.25, 0.3) is 0 Å². The van der Waals surface area contributed by atoms with Crippen molar-refractivity contribution in [3.05, 3.63) is 146 Å². The SMILES string of the molecule is CCCCC/C=C\C/C=C\C/C=C\C/C=C\CCCCCCCCCCCCCCCCCCCCCC(=O)OCC(O)COP(=O)(O)OCC(O)COP(=O)(O)OCC(COC(=O)CCCCCCCCCCCCCCCCCCC/C=C\C/C=C\C/C=C\C/C=C\CCCCC)OC(=O)CCCCCCCCC/C=C\C/C=C\C/C=C\C/C=C\CCCCC. The summed E-state index contributed by atoms with van der Waals surface area (Å²) in [5.41, 5.74) is 0. The predicted molar refractivity (Wildman–Crippen MR) is 537 cm³/mol. The molecule has 0 aromatic carbocycles. The van der Waals surface area contributed by atoms with Crippen LogP contribution < -0.4 is 0 Å². The van der Waals surface area contributed by atoms with Gasteiger partial charge in [0, 0.05) is 19.3 Å². The van der Waals surface area contributed by atoms with Crippen LogP contribution in [-0.2, 0) is 55.8 Å². The molecule has 734 valence electrons. The zero-order valence-corrected chi connectivity index (χ0v) is 83.2. The highest BCUT2D eigenvalue weighted by atomic mass is 31.2. The van der Waals surface area contributed by atoms with E-state index in [1.165, 1.54) is 270 Å². The standard InChI is InChI=1S/C109H192O16P2/c1-4-7-10-13-16-19-22-25-28-31-34-37-40-42-44-46-48-50-51-53-55-56-58-60-63-65-68-71-74-77-80-83-86-89-92-95-107(112)119-98-104(110)99-121-126(115,116)122-100-105(111)101-123-127(117,118)124-103-106(125-109(114)97-94-91-88-85-82-79-76-73-70-67-62-39-36-33-30-27-24-21-18-15-12-9-6-3)102-120-108(113)96-93-90-87-84-81-78-75-72-69-66-64-61-59-57-54-52-49-47-45-43-41-38-35-32-29-26-23-20-17-14-11-8-5-2/h16-21,25-30,34-39,42-45,67,70,104-106,110-111H,4-15,22-24,31-33,40-41,46-66,68-69,71-103H2,1-3H3,(H,115,116)(H,117,118)/b19-16-,20-17-,21-18-,28-25-,29-26-,30-27-,37-34-,38-35-,39-36-,44-42-,45-43-,70-67-. The molecule has 4 N–H and O–H groups in total. The molecular formula is C109H192O16P2. The van der Waals surface area contributed by atoms with Crippen LogP contribution in [0.15, 0.2) is 146 Å². The number of phosphoric acid groups is 2. The first kappa shape index (κ1) is 122. The lowest BCUT2D eigenvalue weighted by atomic mass is 10.0. The maximum atomic E-state index is 13.1. The number of ether oxygens (including phenoxy) is 3. The van der Waals surface area contributed by atoms with Crippen molar-refractivity contribution < 1.29 is 75.8 Å². The number of aliphatic hydroxyl groups is 2. The third kappa shape index (κ3) is 102. The van der Waals surface area contributed by atoms with Crippen molar-refractivity contribution in [3.8, 4) is 0 Å². The Balaban J connectivity index is 4.53. The first-order valence-electron chi connectivity index (χ1n) is 52.1. The lowest BCUT2D eigenvalue weighted by Gasteiger charge is -2.21. The molecule has 0 saturated heterocycles. The third-order valence-corrected chi connectivity index (χ3v) is 24.4. The maximum Gasteiger partial charge on any atom is 0.472 e. The predicted octanol–water partition coefficient (Wildman–Crippen LogP) is 33.0. The molecule has 0 bridgehead atoms. The van der Waals surface area contributed by atoms with Crippen LogP contribution in [0.2, 0.25) is 0 Å². The summed E-state index contributed by atoms with van der Waals surface area (Å²) in [4.78, 5) is 59.2. The molecule has 0 aliphatic carbocycles. The van der Waals surface area contributed by atoms with Crippen molar-refractivity contribution in [2.75, 3.05) is 39.6 Å². The van der Waals surface area contributed by atoms with Gasteiger partial charge in [0.25, 0.3) is 0 Å². The molecular weight excluding hydrogens is 1630 g/mol. The molecule has 5 unspecified atom stereocenters. The highest BCUT2D eigenvalue weighted by Gasteiger charge is 2.30. The minimum atomic E-state index is -4.95. The second kappa shape index (κ2) is 100. The number of aliphatic hydroxyl groups excluding tert-OH is 2. The van der Waals surface area contributed by atoms with Crippen molar-refractivity contribution in [2.45, 2.75) is 489 Å². The number of unbranched alkanes of at least 4 members (excludes halogenated alkanes) is 52. The summed E-state index contributed by atoms with van der Waals surface area (Å²) in [5, 5.41) is 20.8. The molecule has 5 atom stereocenters. The fraction of sp³-hybridized carbons (Fsp3) is 0.752. The summed E-state index contributed by atoms with van der Waals surface area (Å²) in [6, 6.07) is 0. The summed E-state index contributed by atoms with van der Waals surface area (Å²) in [6.45, 7) is 2.67. The minimum absolute atomic E-state index is 0.0916. The van der Waals surface area contributed by atoms with E-state index in [1.807, 2.05) is 0 Å². The van der Waals surface area contributed by atoms with Gasteiger partial charge >= 0.3 is 33.6 Å². The molecule has 0 radical (unpaired) electrons. The van der Waals surface area contributed by atoms with Crippen molar-refractivity contribution in [1.29, 1.82) is 0 Å². The summed E-state index contributed by atoms with van der Waals surface area (Å²) >= 11 is 0. The quantitative estimate of drug-likeness (QED) is 0.0146. The smallest absolute Gasteiger partial charge is 0.463 e. The molecule has 0 saturated carbocycles. The Morgan fingerprint density at radius 3 is 0.622 bits per heavy atom. The molecule has 0 spiro atoms. The van der Waals surface area contributed by atoms with Gasteiger partial charge in [-0.1, -0.05) is 443 Å². The number of rotatable bonds is 99. The van der Waals surface area contributed by atoms with Crippen LogP contribution in [0.3, 0.4) is 0 Å². The molecule has 18 heteroatoms. The molecule has 0 aromatic heterocycles. The number of hydrogen-bond acceptors (Lipinski definition) is 14. The molecule has 0 amide bonds. The van der Waals surface area contributed by atoms with E-state index in [4.69, 9.17) is 32.3 Å². The summed E-state index contributed by atoms with van der Waals surface area (Å²) in [5.74, 6) is -1.56. The van der Waals surface area contributed by atoms with Gasteiger partial charge in [0.1, 0.15) is 25.4 Å². The maximum absolute atomic E-state index is 13.1. The van der Waals surface area contributed by atoms with Gasteiger partial charge in [-0.15, -0.1) is 0 Å². The normalized spacial score (nSPS) is 14.2. The molecule has 0 aliphatic rings. The van der Waals surface area contributed by atoms with Gasteiger partial charge in [0.05, 0.1) is 26.4 Å². The molecule has 0 fully saturated rings. The monoisotopic (exact) mass is 1820 g/mol. The molecule has 0 aliphatic heterocycles. The van der Waals surface area contributed by atoms with Crippen molar-refractivity contribution in [3.63, 3.8) is 0 Å². The Kier molecular flexibility index (Phi) is 96.8. The van der Waals surface area contributed by atoms with E-state index in [1.54, 1.807) is 0 Å². The zero-order chi connectivity index (χ0) is 92.1. The van der Waals surface area contributed by atoms with Gasteiger partial charge in [0.15, 0.2) is 6.10 Å². The van der Waals surface area contributed by atoms with E-state index in [2.05, 4.69) is 167 Å². The van der Waals surface area contributed by atoms with E-state index >= 15 is 0 Å².